The summed E-state index contributed by atoms with van der Waals surface area (Å²) in [5.74, 6) is 1.89. The number of oxazole rings is 1. The number of aromatic nitrogens is 1. The molecule has 0 spiro atoms. The average molecular weight is 312 g/mol. The van der Waals surface area contributed by atoms with Crippen LogP contribution in [0.1, 0.15) is 43.6 Å². The van der Waals surface area contributed by atoms with Crippen LogP contribution in [0.5, 0.6) is 0 Å². The van der Waals surface area contributed by atoms with Crippen molar-refractivity contribution < 1.29 is 9.21 Å². The third-order valence-corrected chi connectivity index (χ3v) is 4.55. The van der Waals surface area contributed by atoms with Gasteiger partial charge in [0.05, 0.1) is 5.69 Å². The van der Waals surface area contributed by atoms with Crippen LogP contribution >= 0.6 is 0 Å². The van der Waals surface area contributed by atoms with Crippen LogP contribution < -0.4 is 5.32 Å². The van der Waals surface area contributed by atoms with E-state index in [1.165, 1.54) is 19.3 Å². The molecule has 23 heavy (non-hydrogen) atoms. The van der Waals surface area contributed by atoms with Crippen LogP contribution in [0.3, 0.4) is 0 Å². The Morgan fingerprint density at radius 1 is 1.22 bits per heavy atom. The molecule has 4 nitrogen and oxygen atoms in total. The van der Waals surface area contributed by atoms with Crippen molar-refractivity contribution in [1.29, 1.82) is 0 Å². The third-order valence-electron chi connectivity index (χ3n) is 4.55. The van der Waals surface area contributed by atoms with Crippen LogP contribution in [-0.4, -0.2) is 17.4 Å². The van der Waals surface area contributed by atoms with Gasteiger partial charge >= 0.3 is 0 Å². The van der Waals surface area contributed by atoms with E-state index in [4.69, 9.17) is 4.42 Å². The molecule has 1 N–H and O–H groups in total. The van der Waals surface area contributed by atoms with Crippen molar-refractivity contribution in [1.82, 2.24) is 10.3 Å². The van der Waals surface area contributed by atoms with E-state index in [2.05, 4.69) is 10.3 Å². The highest BCUT2D eigenvalue weighted by Gasteiger charge is 2.20. The standard InChI is InChI=1S/C19H24N2O2/c1-14-17(21-19(23-14)16-10-6-3-7-11-16)12-13-20-18(22)15-8-4-2-5-9-15/h3,6-7,10-11,15H,2,4-5,8-9,12-13H2,1H3,(H,20,22). The summed E-state index contributed by atoms with van der Waals surface area (Å²) in [6.45, 7) is 2.55. The molecule has 3 rings (SSSR count). The van der Waals surface area contributed by atoms with E-state index in [9.17, 15) is 4.79 Å². The molecule has 0 saturated heterocycles. The highest BCUT2D eigenvalue weighted by atomic mass is 16.4. The SMILES string of the molecule is Cc1oc(-c2ccccc2)nc1CCNC(=O)C1CCCCC1. The Labute approximate surface area is 137 Å². The van der Waals surface area contributed by atoms with E-state index < -0.39 is 0 Å². The summed E-state index contributed by atoms with van der Waals surface area (Å²) >= 11 is 0. The van der Waals surface area contributed by atoms with Gasteiger partial charge in [0, 0.05) is 24.4 Å². The number of amides is 1. The van der Waals surface area contributed by atoms with Crippen molar-refractivity contribution in [2.24, 2.45) is 5.92 Å². The number of benzene rings is 1. The summed E-state index contributed by atoms with van der Waals surface area (Å²) in [4.78, 5) is 16.7. The molecule has 1 amide bonds. The summed E-state index contributed by atoms with van der Waals surface area (Å²) in [7, 11) is 0. The molecule has 1 aliphatic rings. The lowest BCUT2D eigenvalue weighted by Gasteiger charge is -2.20. The molecule has 0 atom stereocenters. The molecule has 0 bridgehead atoms. The summed E-state index contributed by atoms with van der Waals surface area (Å²) < 4.78 is 5.75. The maximum absolute atomic E-state index is 12.1. The van der Waals surface area contributed by atoms with Gasteiger partial charge < -0.3 is 9.73 Å². The number of carbonyl (C=O) groups is 1. The van der Waals surface area contributed by atoms with Gasteiger partial charge in [0.25, 0.3) is 0 Å². The van der Waals surface area contributed by atoms with Gasteiger partial charge in [-0.1, -0.05) is 37.5 Å². The van der Waals surface area contributed by atoms with Gasteiger partial charge in [-0.15, -0.1) is 0 Å². The topological polar surface area (TPSA) is 55.1 Å². The molecule has 1 aliphatic carbocycles. The van der Waals surface area contributed by atoms with E-state index in [0.29, 0.717) is 18.9 Å². The number of nitrogens with zero attached hydrogens (tertiary/aromatic N) is 1. The molecule has 0 radical (unpaired) electrons. The van der Waals surface area contributed by atoms with Crippen molar-refractivity contribution in [3.8, 4) is 11.5 Å². The van der Waals surface area contributed by atoms with Gasteiger partial charge in [-0.3, -0.25) is 4.79 Å². The lowest BCUT2D eigenvalue weighted by atomic mass is 9.89. The third kappa shape index (κ3) is 4.01. The van der Waals surface area contributed by atoms with E-state index in [1.807, 2.05) is 37.3 Å². The monoisotopic (exact) mass is 312 g/mol. The molecule has 1 aromatic heterocycles. The van der Waals surface area contributed by atoms with Crippen LogP contribution in [0.2, 0.25) is 0 Å². The summed E-state index contributed by atoms with van der Waals surface area (Å²) in [6.07, 6.45) is 6.41. The molecule has 1 saturated carbocycles. The smallest absolute Gasteiger partial charge is 0.226 e. The Morgan fingerprint density at radius 2 is 1.96 bits per heavy atom. The summed E-state index contributed by atoms with van der Waals surface area (Å²) in [5, 5.41) is 3.06. The van der Waals surface area contributed by atoms with E-state index in [1.54, 1.807) is 0 Å². The predicted molar refractivity (Wildman–Crippen MR) is 90.0 cm³/mol. The maximum atomic E-state index is 12.1. The number of aryl methyl sites for hydroxylation is 1. The number of carbonyl (C=O) groups excluding carboxylic acids is 1. The predicted octanol–water partition coefficient (Wildman–Crippen LogP) is 3.89. The zero-order valence-electron chi connectivity index (χ0n) is 13.7. The van der Waals surface area contributed by atoms with Crippen LogP contribution in [0.15, 0.2) is 34.7 Å². The largest absolute Gasteiger partial charge is 0.441 e. The minimum atomic E-state index is 0.203. The first kappa shape index (κ1) is 15.8. The first-order chi connectivity index (χ1) is 11.2. The summed E-state index contributed by atoms with van der Waals surface area (Å²) in [6, 6.07) is 9.89. The Bertz CT molecular complexity index is 643. The zero-order valence-corrected chi connectivity index (χ0v) is 13.7. The quantitative estimate of drug-likeness (QED) is 0.911. The molecule has 1 heterocycles. The lowest BCUT2D eigenvalue weighted by Crippen LogP contribution is -2.33. The number of hydrogen-bond acceptors (Lipinski definition) is 3. The maximum Gasteiger partial charge on any atom is 0.226 e. The fourth-order valence-electron chi connectivity index (χ4n) is 3.18. The van der Waals surface area contributed by atoms with E-state index >= 15 is 0 Å². The normalized spacial score (nSPS) is 15.5. The first-order valence-electron chi connectivity index (χ1n) is 8.53. The average Bonchev–Trinajstić information content (AvgIpc) is 2.97. The van der Waals surface area contributed by atoms with Gasteiger partial charge in [0.2, 0.25) is 11.8 Å². The molecule has 0 aliphatic heterocycles. The molecular weight excluding hydrogens is 288 g/mol. The van der Waals surface area contributed by atoms with Crippen molar-refractivity contribution in [3.63, 3.8) is 0 Å². The van der Waals surface area contributed by atoms with Gasteiger partial charge in [0.15, 0.2) is 0 Å². The minimum Gasteiger partial charge on any atom is -0.441 e. The molecule has 2 aromatic rings. The zero-order chi connectivity index (χ0) is 16.1. The second-order valence-electron chi connectivity index (χ2n) is 6.26. The minimum absolute atomic E-state index is 0.203. The van der Waals surface area contributed by atoms with Crippen molar-refractivity contribution in [2.75, 3.05) is 6.54 Å². The van der Waals surface area contributed by atoms with E-state index in [-0.39, 0.29) is 11.8 Å². The Kier molecular flexibility index (Phi) is 5.11. The van der Waals surface area contributed by atoms with Crippen LogP contribution in [-0.2, 0) is 11.2 Å². The fourth-order valence-corrected chi connectivity index (χ4v) is 3.18. The second kappa shape index (κ2) is 7.44. The van der Waals surface area contributed by atoms with Crippen LogP contribution in [0, 0.1) is 12.8 Å². The molecule has 1 aromatic carbocycles. The molecule has 0 unspecified atom stereocenters. The lowest BCUT2D eigenvalue weighted by molar-refractivity contribution is -0.125. The molecule has 4 heteroatoms. The van der Waals surface area contributed by atoms with Gasteiger partial charge in [-0.2, -0.15) is 0 Å². The summed E-state index contributed by atoms with van der Waals surface area (Å²) in [5.41, 5.74) is 1.90. The number of rotatable bonds is 5. The Balaban J connectivity index is 1.54. The molecule has 122 valence electrons. The first-order valence-corrected chi connectivity index (χ1v) is 8.53. The van der Waals surface area contributed by atoms with Gasteiger partial charge in [-0.25, -0.2) is 4.98 Å². The highest BCUT2D eigenvalue weighted by Crippen LogP contribution is 2.24. The van der Waals surface area contributed by atoms with E-state index in [0.717, 1.165) is 29.9 Å². The number of hydrogen-bond donors (Lipinski definition) is 1. The van der Waals surface area contributed by atoms with Crippen molar-refractivity contribution in [3.05, 3.63) is 41.8 Å². The van der Waals surface area contributed by atoms with Gasteiger partial charge in [-0.05, 0) is 31.9 Å². The Morgan fingerprint density at radius 3 is 2.70 bits per heavy atom. The van der Waals surface area contributed by atoms with Crippen LogP contribution in [0.4, 0.5) is 0 Å². The van der Waals surface area contributed by atoms with Crippen LogP contribution in [0.25, 0.3) is 11.5 Å². The van der Waals surface area contributed by atoms with Crippen molar-refractivity contribution in [2.45, 2.75) is 45.4 Å². The molecule has 1 fully saturated rings. The fraction of sp³-hybridized carbons (Fsp3) is 0.474. The van der Waals surface area contributed by atoms with Crippen molar-refractivity contribution >= 4 is 5.91 Å². The highest BCUT2D eigenvalue weighted by molar-refractivity contribution is 5.78. The van der Waals surface area contributed by atoms with Gasteiger partial charge in [0.1, 0.15) is 5.76 Å². The second-order valence-corrected chi connectivity index (χ2v) is 6.26. The number of nitrogens with one attached hydrogen (secondary N) is 1. The Hall–Kier alpha value is -2.10. The molecular formula is C19H24N2O2.